The van der Waals surface area contributed by atoms with Gasteiger partial charge in [-0.1, -0.05) is 12.2 Å². The molecule has 5 heteroatoms. The summed E-state index contributed by atoms with van der Waals surface area (Å²) in [7, 11) is -0.630. The van der Waals surface area contributed by atoms with Crippen LogP contribution >= 0.6 is 0 Å². The Bertz CT molecular complexity index is 144. The third-order valence-electron chi connectivity index (χ3n) is 1.31. The predicted molar refractivity (Wildman–Crippen MR) is 47.4 cm³/mol. The van der Waals surface area contributed by atoms with Crippen LogP contribution in [0.4, 0.5) is 0 Å². The van der Waals surface area contributed by atoms with Crippen molar-refractivity contribution in [2.75, 3.05) is 14.2 Å². The zero-order valence-electron chi connectivity index (χ0n) is 7.90. The van der Waals surface area contributed by atoms with E-state index < -0.39 is 9.05 Å². The molecule has 0 amide bonds. The van der Waals surface area contributed by atoms with E-state index in [0.29, 0.717) is 0 Å². The molecule has 0 spiro atoms. The summed E-state index contributed by atoms with van der Waals surface area (Å²) in [6, 6.07) is 0. The fraction of sp³-hybridized carbons (Fsp3) is 0.714. The average molecular weight is 192 g/mol. The first-order valence-electron chi connectivity index (χ1n) is 3.71. The summed E-state index contributed by atoms with van der Waals surface area (Å²) in [5, 5.41) is 0. The van der Waals surface area contributed by atoms with Crippen molar-refractivity contribution >= 4 is 9.05 Å². The van der Waals surface area contributed by atoms with E-state index in [1.54, 1.807) is 13.0 Å². The van der Waals surface area contributed by atoms with Gasteiger partial charge in [0.1, 0.15) is 0 Å². The topological polar surface area (TPSA) is 47.9 Å². The lowest BCUT2D eigenvalue weighted by Gasteiger charge is -2.21. The fourth-order valence-corrected chi connectivity index (χ4v) is 1.63. The molecule has 0 aliphatic rings. The first-order chi connectivity index (χ1) is 5.58. The van der Waals surface area contributed by atoms with E-state index in [1.807, 2.05) is 13.0 Å². The highest BCUT2D eigenvalue weighted by molar-refractivity contribution is 6.51. The van der Waals surface area contributed by atoms with E-state index in [-0.39, 0.29) is 6.10 Å². The van der Waals surface area contributed by atoms with Crippen LogP contribution in [0.1, 0.15) is 13.8 Å². The monoisotopic (exact) mass is 192 g/mol. The summed E-state index contributed by atoms with van der Waals surface area (Å²) in [5.74, 6) is 0. The van der Waals surface area contributed by atoms with Crippen molar-refractivity contribution in [2.24, 2.45) is 0 Å². The van der Waals surface area contributed by atoms with Crippen LogP contribution in [-0.4, -0.2) is 34.2 Å². The Kier molecular flexibility index (Phi) is 5.35. The predicted octanol–water partition coefficient (Wildman–Crippen LogP) is 0.688. The van der Waals surface area contributed by atoms with Crippen molar-refractivity contribution in [2.45, 2.75) is 20.0 Å². The third-order valence-corrected chi connectivity index (χ3v) is 3.02. The number of hydrogen-bond donors (Lipinski definition) is 1. The number of rotatable bonds is 5. The summed E-state index contributed by atoms with van der Waals surface area (Å²) in [5.41, 5.74) is 0. The van der Waals surface area contributed by atoms with Crippen LogP contribution in [0.25, 0.3) is 0 Å². The van der Waals surface area contributed by atoms with Gasteiger partial charge in [-0.2, -0.15) is 0 Å². The van der Waals surface area contributed by atoms with Crippen molar-refractivity contribution in [3.05, 3.63) is 12.2 Å². The zero-order chi connectivity index (χ0) is 9.61. The molecular formula is C7H16O4Si. The lowest BCUT2D eigenvalue weighted by molar-refractivity contribution is 0.00959. The Morgan fingerprint density at radius 2 is 1.83 bits per heavy atom. The lowest BCUT2D eigenvalue weighted by Crippen LogP contribution is -2.46. The molecule has 4 nitrogen and oxygen atoms in total. The summed E-state index contributed by atoms with van der Waals surface area (Å²) >= 11 is 0. The van der Waals surface area contributed by atoms with E-state index in [9.17, 15) is 4.80 Å². The molecule has 0 bridgehead atoms. The van der Waals surface area contributed by atoms with E-state index in [0.717, 1.165) is 0 Å². The van der Waals surface area contributed by atoms with Gasteiger partial charge in [-0.3, -0.25) is 0 Å². The minimum Gasteiger partial charge on any atom is -0.367 e. The van der Waals surface area contributed by atoms with Gasteiger partial charge < -0.3 is 18.1 Å². The van der Waals surface area contributed by atoms with E-state index in [4.69, 9.17) is 13.3 Å². The number of allylic oxidation sites excluding steroid dienone is 1. The van der Waals surface area contributed by atoms with Crippen LogP contribution in [0.2, 0.25) is 0 Å². The second kappa shape index (κ2) is 5.44. The highest BCUT2D eigenvalue weighted by Gasteiger charge is 2.39. The molecule has 0 aromatic carbocycles. The molecule has 0 radical (unpaired) electrons. The van der Waals surface area contributed by atoms with Crippen LogP contribution < -0.4 is 0 Å². The third kappa shape index (κ3) is 3.98. The molecule has 0 fully saturated rings. The van der Waals surface area contributed by atoms with E-state index in [1.165, 1.54) is 14.2 Å². The van der Waals surface area contributed by atoms with Gasteiger partial charge in [0.05, 0.1) is 6.10 Å². The van der Waals surface area contributed by atoms with Crippen molar-refractivity contribution in [3.63, 3.8) is 0 Å². The fourth-order valence-electron chi connectivity index (χ4n) is 0.725. The molecule has 0 rings (SSSR count). The van der Waals surface area contributed by atoms with Gasteiger partial charge in [0.2, 0.25) is 0 Å². The maximum absolute atomic E-state index is 9.46. The highest BCUT2D eigenvalue weighted by atomic mass is 28.4. The quantitative estimate of drug-likeness (QED) is 0.514. The molecule has 0 aliphatic heterocycles. The molecule has 0 saturated heterocycles. The molecule has 1 atom stereocenters. The maximum atomic E-state index is 9.46. The van der Waals surface area contributed by atoms with E-state index in [2.05, 4.69) is 0 Å². The second-order valence-corrected chi connectivity index (χ2v) is 4.38. The first-order valence-corrected chi connectivity index (χ1v) is 5.38. The Morgan fingerprint density at radius 3 is 2.17 bits per heavy atom. The van der Waals surface area contributed by atoms with Crippen LogP contribution in [-0.2, 0) is 13.3 Å². The van der Waals surface area contributed by atoms with Gasteiger partial charge in [-0.15, -0.1) is 0 Å². The summed E-state index contributed by atoms with van der Waals surface area (Å²) in [6.07, 6.45) is 3.44. The Labute approximate surface area is 74.2 Å². The Balaban J connectivity index is 4.01. The molecule has 1 N–H and O–H groups in total. The molecule has 0 aromatic heterocycles. The maximum Gasteiger partial charge on any atom is 0.676 e. The van der Waals surface area contributed by atoms with Crippen molar-refractivity contribution in [1.82, 2.24) is 0 Å². The normalized spacial score (nSPS) is 15.4. The van der Waals surface area contributed by atoms with Gasteiger partial charge in [-0.25, -0.2) is 0 Å². The smallest absolute Gasteiger partial charge is 0.367 e. The highest BCUT2D eigenvalue weighted by Crippen LogP contribution is 2.06. The molecule has 0 aliphatic carbocycles. The van der Waals surface area contributed by atoms with Crippen LogP contribution in [0, 0.1) is 0 Å². The minimum absolute atomic E-state index is 0.202. The Morgan fingerprint density at radius 1 is 1.33 bits per heavy atom. The van der Waals surface area contributed by atoms with Gasteiger partial charge >= 0.3 is 9.05 Å². The molecule has 72 valence electrons. The van der Waals surface area contributed by atoms with Crippen LogP contribution in [0.3, 0.4) is 0 Å². The molecular weight excluding hydrogens is 176 g/mol. The van der Waals surface area contributed by atoms with Gasteiger partial charge in [0, 0.05) is 14.2 Å². The summed E-state index contributed by atoms with van der Waals surface area (Å²) in [6.45, 7) is 3.68. The van der Waals surface area contributed by atoms with Gasteiger partial charge in [0.15, 0.2) is 0 Å². The molecule has 12 heavy (non-hydrogen) atoms. The zero-order valence-corrected chi connectivity index (χ0v) is 8.90. The van der Waals surface area contributed by atoms with Gasteiger partial charge in [-0.05, 0) is 13.8 Å². The Hall–Kier alpha value is -0.203. The molecule has 0 heterocycles. The average Bonchev–Trinajstić information content (AvgIpc) is 2.05. The van der Waals surface area contributed by atoms with Crippen LogP contribution in [0.5, 0.6) is 0 Å². The van der Waals surface area contributed by atoms with Crippen LogP contribution in [0.15, 0.2) is 12.2 Å². The number of hydrogen-bond acceptors (Lipinski definition) is 4. The SMILES string of the molecule is C/C=C/C(C)O[Si](O)(OC)OC. The summed E-state index contributed by atoms with van der Waals surface area (Å²) in [4.78, 5) is 9.46. The standard InChI is InChI=1S/C7H16O4Si/c1-5-6-7(2)11-12(8,9-3)10-4/h5-8H,1-4H3/b6-5+. The van der Waals surface area contributed by atoms with E-state index >= 15 is 0 Å². The minimum atomic E-state index is -3.35. The second-order valence-electron chi connectivity index (χ2n) is 2.28. The first kappa shape index (κ1) is 11.8. The van der Waals surface area contributed by atoms with Crippen molar-refractivity contribution in [3.8, 4) is 0 Å². The van der Waals surface area contributed by atoms with Crippen molar-refractivity contribution in [1.29, 1.82) is 0 Å². The molecule has 0 saturated carbocycles. The summed E-state index contributed by atoms with van der Waals surface area (Å²) < 4.78 is 14.6. The largest absolute Gasteiger partial charge is 0.676 e. The lowest BCUT2D eigenvalue weighted by atomic mass is 10.4. The van der Waals surface area contributed by atoms with Gasteiger partial charge in [0.25, 0.3) is 0 Å². The molecule has 0 aromatic rings. The van der Waals surface area contributed by atoms with Crippen molar-refractivity contribution < 1.29 is 18.1 Å². The molecule has 1 unspecified atom stereocenters.